The molecule has 0 amide bonds. The monoisotopic (exact) mass is 1300 g/mol. The van der Waals surface area contributed by atoms with Crippen LogP contribution < -0.4 is 40.2 Å². The van der Waals surface area contributed by atoms with Gasteiger partial charge < -0.3 is 19.4 Å². The largest absolute Gasteiger partial charge is 0.509 e. The zero-order chi connectivity index (χ0) is 62.1. The van der Waals surface area contributed by atoms with Crippen LogP contribution in [0.5, 0.6) is 11.5 Å². The molecule has 11 aromatic rings. The van der Waals surface area contributed by atoms with Crippen molar-refractivity contribution in [1.29, 1.82) is 0 Å². The molecule has 0 spiro atoms. The first-order valence-electron chi connectivity index (χ1n) is 31.4. The van der Waals surface area contributed by atoms with Gasteiger partial charge in [0.05, 0.1) is 6.85 Å². The fourth-order valence-electron chi connectivity index (χ4n) is 12.7. The summed E-state index contributed by atoms with van der Waals surface area (Å²) >= 11 is 0. The van der Waals surface area contributed by atoms with Crippen molar-refractivity contribution in [2.45, 2.75) is 78.6 Å². The van der Waals surface area contributed by atoms with Gasteiger partial charge in [-0.2, -0.15) is 6.07 Å². The Morgan fingerprint density at radius 1 is 0.471 bits per heavy atom. The van der Waals surface area contributed by atoms with Crippen LogP contribution in [0.1, 0.15) is 85.9 Å². The fraction of sp³-hybridized carbons (Fsp3) is 0.154. The molecule has 1 unspecified atom stereocenters. The Morgan fingerprint density at radius 2 is 1.08 bits per heavy atom. The summed E-state index contributed by atoms with van der Waals surface area (Å²) < 4.78 is 52.4. The van der Waals surface area contributed by atoms with E-state index < -0.39 is 26.2 Å². The average molecular weight is 1300 g/mol. The van der Waals surface area contributed by atoms with E-state index in [0.717, 1.165) is 61.9 Å². The van der Waals surface area contributed by atoms with E-state index in [1.54, 1.807) is 0 Å². The maximum Gasteiger partial charge on any atom is 0.135 e. The number of anilines is 7. The van der Waals surface area contributed by atoms with Crippen LogP contribution in [-0.2, 0) is 37.3 Å². The van der Waals surface area contributed by atoms with E-state index in [1.807, 2.05) is 55.3 Å². The Morgan fingerprint density at radius 3 is 1.80 bits per heavy atom. The zero-order valence-corrected chi connectivity index (χ0v) is 52.5. The molecule has 3 aliphatic rings. The number of hydrogen-bond acceptors (Lipinski definition) is 5. The number of aromatic nitrogens is 1. The van der Waals surface area contributed by atoms with Gasteiger partial charge in [-0.25, -0.2) is 4.98 Å². The second-order valence-corrected chi connectivity index (χ2v) is 29.0. The molecule has 0 saturated heterocycles. The van der Waals surface area contributed by atoms with Gasteiger partial charge in [-0.1, -0.05) is 248 Å². The molecule has 4 heterocycles. The molecule has 10 aromatic carbocycles. The molecule has 1 atom stereocenters. The molecule has 85 heavy (non-hydrogen) atoms. The molecule has 0 saturated carbocycles. The van der Waals surface area contributed by atoms with Crippen LogP contribution in [0, 0.1) is 18.8 Å². The molecular weight excluding hydrogens is 1230 g/mol. The smallest absolute Gasteiger partial charge is 0.135 e. The number of fused-ring (bicyclic) bond motifs is 6. The molecule has 0 fully saturated rings. The van der Waals surface area contributed by atoms with E-state index in [2.05, 4.69) is 247 Å². The maximum atomic E-state index is 9.42. The number of rotatable bonds is 9. The quantitative estimate of drug-likeness (QED) is 0.106. The van der Waals surface area contributed by atoms with Gasteiger partial charge in [0.1, 0.15) is 13.9 Å². The van der Waals surface area contributed by atoms with Crippen LogP contribution in [0.25, 0.3) is 44.5 Å². The van der Waals surface area contributed by atoms with Crippen LogP contribution in [0.4, 0.5) is 39.9 Å². The minimum atomic E-state index is -2.97. The van der Waals surface area contributed by atoms with Gasteiger partial charge in [0.25, 0.3) is 0 Å². The summed E-state index contributed by atoms with van der Waals surface area (Å²) in [7, 11) is -2.97. The number of ether oxygens (including phenoxy) is 1. The van der Waals surface area contributed by atoms with E-state index in [0.29, 0.717) is 28.4 Å². The first-order valence-corrected chi connectivity index (χ1v) is 30.9. The minimum absolute atomic E-state index is 0. The molecule has 5 nitrogen and oxygen atoms in total. The Balaban J connectivity index is 0.00000743. The molecule has 0 aliphatic carbocycles. The standard InChI is InChI=1S/C78H67N4OSi.Pt/c1-76(2,3)56-40-38-52(39-41-56)54-44-55(46-58(45-54)78(7,8)9)64-32-23-31-63(53-24-12-10-13-25-53)74(64)81-51-80(67-33-17-18-34-68(67)81)59-26-22-27-60(48-59)83-61-49-66-65-30-16-20-36-71(65)84(62-28-14-11-15-29-62)72-37-21-19-35-69(72)82(70(50-61)75(66)84)73-47-57(42-43-79-73)77(4,5)6;/h10-47,49,51H,1-9H3;/q-3;/i10D,12D,13D,24D,25D;. The second-order valence-electron chi connectivity index (χ2n) is 25.4. The normalized spacial score (nSPS) is 15.8. The van der Waals surface area contributed by atoms with Gasteiger partial charge in [0.15, 0.2) is 0 Å². The summed E-state index contributed by atoms with van der Waals surface area (Å²) in [6, 6.07) is 76.5. The van der Waals surface area contributed by atoms with Crippen molar-refractivity contribution < 1.29 is 32.7 Å². The predicted molar refractivity (Wildman–Crippen MR) is 353 cm³/mol. The van der Waals surface area contributed by atoms with Crippen molar-refractivity contribution in [3.8, 4) is 56.0 Å². The van der Waals surface area contributed by atoms with Crippen LogP contribution in [-0.4, -0.2) is 13.1 Å². The SMILES string of the molecule is [2H]c1c([2H])c([2H])c(-c2cccc(-c3cc(-c4ccc(C(C)(C)C)cc4)cc(C(C)(C)C)c3)c2N2[CH-]N(c3[c-]c(Oc4[c-]c5c6c(c4)-c4ccccc4[Si]6(c4ccccc4)c4ccccc4N5c4cc(C(C)(C)C)ccn4)ccc3)c3ccccc32)c([2H])c1[2H].[Pt]. The van der Waals surface area contributed by atoms with Crippen LogP contribution in [0.3, 0.4) is 0 Å². The third-order valence-corrected chi connectivity index (χ3v) is 21.9. The van der Waals surface area contributed by atoms with Gasteiger partial charge in [-0.3, -0.25) is 0 Å². The molecule has 0 radical (unpaired) electrons. The number of hydrogen-bond donors (Lipinski definition) is 0. The molecule has 0 N–H and O–H groups in total. The Hall–Kier alpha value is -8.54. The summed E-state index contributed by atoms with van der Waals surface area (Å²) in [5, 5.41) is 5.16. The first kappa shape index (κ1) is 49.8. The first-order chi connectivity index (χ1) is 42.6. The summed E-state index contributed by atoms with van der Waals surface area (Å²) in [4.78, 5) is 11.6. The molecule has 3 aliphatic heterocycles. The number of nitrogens with zero attached hydrogens (tertiary/aromatic N) is 4. The number of pyridine rings is 1. The topological polar surface area (TPSA) is 31.8 Å². The van der Waals surface area contributed by atoms with E-state index >= 15 is 0 Å². The van der Waals surface area contributed by atoms with Crippen LogP contribution in [0.2, 0.25) is 0 Å². The second kappa shape index (κ2) is 21.2. The van der Waals surface area contributed by atoms with E-state index in [-0.39, 0.29) is 55.0 Å². The Kier molecular flexibility index (Phi) is 12.4. The summed E-state index contributed by atoms with van der Waals surface area (Å²) in [6.07, 6.45) is 1.92. The average Bonchev–Trinajstić information content (AvgIpc) is 1.45. The molecular formula is C78H67N4OPtSi-3. The van der Waals surface area contributed by atoms with Gasteiger partial charge in [-0.15, -0.1) is 53.4 Å². The van der Waals surface area contributed by atoms with Gasteiger partial charge in [0.2, 0.25) is 0 Å². The van der Waals surface area contributed by atoms with Crippen LogP contribution >= 0.6 is 0 Å². The molecule has 14 rings (SSSR count). The minimum Gasteiger partial charge on any atom is -0.509 e. The molecule has 1 aromatic heterocycles. The summed E-state index contributed by atoms with van der Waals surface area (Å²) in [5.41, 5.74) is 14.8. The number of para-hydroxylation sites is 4. The summed E-state index contributed by atoms with van der Waals surface area (Å²) in [5.74, 6) is 1.81. The molecule has 0 bridgehead atoms. The third kappa shape index (κ3) is 9.55. The van der Waals surface area contributed by atoms with Crippen molar-refractivity contribution >= 4 is 68.8 Å². The van der Waals surface area contributed by atoms with Crippen molar-refractivity contribution in [1.82, 2.24) is 4.98 Å². The Bertz CT molecular complexity index is 4640. The maximum absolute atomic E-state index is 9.42. The van der Waals surface area contributed by atoms with Crippen LogP contribution in [0.15, 0.2) is 237 Å². The zero-order valence-electron chi connectivity index (χ0n) is 54.2. The summed E-state index contributed by atoms with van der Waals surface area (Å²) in [6.45, 7) is 22.0. The van der Waals surface area contributed by atoms with E-state index in [4.69, 9.17) is 13.8 Å². The van der Waals surface area contributed by atoms with Crippen molar-refractivity contribution in [2.24, 2.45) is 0 Å². The van der Waals surface area contributed by atoms with E-state index in [9.17, 15) is 2.74 Å². The molecule has 7 heteroatoms. The Labute approximate surface area is 524 Å². The molecule has 422 valence electrons. The predicted octanol–water partition coefficient (Wildman–Crippen LogP) is 17.9. The van der Waals surface area contributed by atoms with Crippen molar-refractivity contribution in [3.05, 3.63) is 272 Å². The van der Waals surface area contributed by atoms with E-state index in [1.165, 1.54) is 37.4 Å². The third-order valence-electron chi connectivity index (χ3n) is 16.9. The fourth-order valence-corrected chi connectivity index (χ4v) is 18.2. The van der Waals surface area contributed by atoms with Gasteiger partial charge >= 0.3 is 0 Å². The number of benzene rings is 10. The van der Waals surface area contributed by atoms with Gasteiger partial charge in [0, 0.05) is 72.6 Å². The van der Waals surface area contributed by atoms with Crippen molar-refractivity contribution in [3.63, 3.8) is 0 Å². The van der Waals surface area contributed by atoms with Crippen molar-refractivity contribution in [2.75, 3.05) is 14.7 Å². The van der Waals surface area contributed by atoms with Gasteiger partial charge in [-0.05, 0) is 102 Å².